The van der Waals surface area contributed by atoms with E-state index in [4.69, 9.17) is 27.9 Å². The number of ether oxygens (including phenoxy) is 1. The molecule has 0 saturated carbocycles. The minimum Gasteiger partial charge on any atom is -0.373 e. The summed E-state index contributed by atoms with van der Waals surface area (Å²) >= 11 is 14.0. The molecule has 0 aromatic heterocycles. The molecule has 0 amide bonds. The zero-order chi connectivity index (χ0) is 30.1. The molecule has 6 rings (SSSR count). The molecular formula is C40H39Cl2NO. The highest BCUT2D eigenvalue weighted by atomic mass is 35.5. The molecule has 0 bridgehead atoms. The first kappa shape index (κ1) is 30.6. The largest absolute Gasteiger partial charge is 0.373 e. The van der Waals surface area contributed by atoms with Gasteiger partial charge in [0, 0.05) is 29.6 Å². The monoisotopic (exact) mass is 619 g/mol. The number of nitrogens with zero attached hydrogens (tertiary/aromatic N) is 1. The van der Waals surface area contributed by atoms with Crippen molar-refractivity contribution in [1.82, 2.24) is 4.90 Å². The van der Waals surface area contributed by atoms with Gasteiger partial charge in [0.25, 0.3) is 0 Å². The lowest BCUT2D eigenvalue weighted by molar-refractivity contribution is 0.0319. The van der Waals surface area contributed by atoms with Gasteiger partial charge >= 0.3 is 0 Å². The molecule has 0 saturated heterocycles. The third-order valence-corrected chi connectivity index (χ3v) is 9.64. The van der Waals surface area contributed by atoms with E-state index in [9.17, 15) is 0 Å². The summed E-state index contributed by atoms with van der Waals surface area (Å²) in [6.07, 6.45) is 4.21. The van der Waals surface area contributed by atoms with Crippen LogP contribution in [0.15, 0.2) is 127 Å². The van der Waals surface area contributed by atoms with E-state index in [0.29, 0.717) is 24.1 Å². The van der Waals surface area contributed by atoms with Crippen molar-refractivity contribution in [1.29, 1.82) is 0 Å². The molecule has 1 unspecified atom stereocenters. The second-order valence-corrected chi connectivity index (χ2v) is 12.6. The maximum absolute atomic E-state index is 7.12. The quantitative estimate of drug-likeness (QED) is 0.138. The van der Waals surface area contributed by atoms with Gasteiger partial charge in [0.2, 0.25) is 0 Å². The summed E-state index contributed by atoms with van der Waals surface area (Å²) in [6, 6.07) is 45.0. The molecule has 1 atom stereocenters. The summed E-state index contributed by atoms with van der Waals surface area (Å²) in [6.45, 7) is 2.84. The molecule has 0 heterocycles. The average Bonchev–Trinajstić information content (AvgIpc) is 3.07. The molecule has 0 N–H and O–H groups in total. The van der Waals surface area contributed by atoms with E-state index in [1.807, 2.05) is 12.1 Å². The van der Waals surface area contributed by atoms with Crippen LogP contribution < -0.4 is 0 Å². The van der Waals surface area contributed by atoms with Crippen LogP contribution in [0.4, 0.5) is 0 Å². The number of aryl methyl sites for hydroxylation is 1. The third-order valence-electron chi connectivity index (χ3n) is 8.81. The first-order valence-corrected chi connectivity index (χ1v) is 16.4. The van der Waals surface area contributed by atoms with Crippen molar-refractivity contribution < 1.29 is 4.74 Å². The Bertz CT molecular complexity index is 1580. The minimum absolute atomic E-state index is 0.197. The van der Waals surface area contributed by atoms with Crippen LogP contribution in [0.1, 0.15) is 57.7 Å². The molecule has 0 aliphatic heterocycles. The van der Waals surface area contributed by atoms with Gasteiger partial charge in [0.15, 0.2) is 0 Å². The van der Waals surface area contributed by atoms with Gasteiger partial charge in [-0.3, -0.25) is 4.90 Å². The number of fused-ring (bicyclic) bond motifs is 1. The molecule has 5 aromatic rings. The fraction of sp³-hybridized carbons (Fsp3) is 0.250. The highest BCUT2D eigenvalue weighted by Crippen LogP contribution is 2.33. The smallest absolute Gasteiger partial charge is 0.0735 e. The first-order chi connectivity index (χ1) is 21.6. The zero-order valence-corrected chi connectivity index (χ0v) is 26.6. The summed E-state index contributed by atoms with van der Waals surface area (Å²) in [5.41, 5.74) is 8.74. The van der Waals surface area contributed by atoms with E-state index in [1.54, 1.807) is 0 Å². The van der Waals surface area contributed by atoms with Crippen molar-refractivity contribution in [3.63, 3.8) is 0 Å². The van der Waals surface area contributed by atoms with Gasteiger partial charge in [-0.2, -0.15) is 0 Å². The van der Waals surface area contributed by atoms with Crippen LogP contribution in [-0.4, -0.2) is 17.5 Å². The molecule has 1 aliphatic rings. The highest BCUT2D eigenvalue weighted by molar-refractivity contribution is 6.36. The highest BCUT2D eigenvalue weighted by Gasteiger charge is 2.22. The topological polar surface area (TPSA) is 12.5 Å². The molecule has 1 aliphatic carbocycles. The van der Waals surface area contributed by atoms with Crippen LogP contribution in [0.3, 0.4) is 0 Å². The number of halogens is 2. The summed E-state index contributed by atoms with van der Waals surface area (Å²) in [5.74, 6) is 0.293. The van der Waals surface area contributed by atoms with Crippen LogP contribution in [-0.2, 0) is 37.3 Å². The predicted octanol–water partition coefficient (Wildman–Crippen LogP) is 10.3. The van der Waals surface area contributed by atoms with Crippen molar-refractivity contribution in [2.45, 2.75) is 57.4 Å². The van der Waals surface area contributed by atoms with Crippen LogP contribution in [0.25, 0.3) is 0 Å². The Kier molecular flexibility index (Phi) is 10.5. The van der Waals surface area contributed by atoms with Crippen LogP contribution in [0.2, 0.25) is 10.0 Å². The van der Waals surface area contributed by atoms with E-state index < -0.39 is 0 Å². The first-order valence-electron chi connectivity index (χ1n) is 15.6. The zero-order valence-electron chi connectivity index (χ0n) is 25.0. The van der Waals surface area contributed by atoms with Crippen LogP contribution in [0.5, 0.6) is 0 Å². The number of hydrogen-bond acceptors (Lipinski definition) is 2. The van der Waals surface area contributed by atoms with Crippen molar-refractivity contribution in [3.8, 4) is 0 Å². The van der Waals surface area contributed by atoms with Gasteiger partial charge in [-0.25, -0.2) is 0 Å². The Labute approximate surface area is 272 Å². The fourth-order valence-corrected chi connectivity index (χ4v) is 6.95. The van der Waals surface area contributed by atoms with Gasteiger partial charge in [-0.05, 0) is 71.7 Å². The van der Waals surface area contributed by atoms with Crippen LogP contribution in [0, 0.1) is 0 Å². The maximum atomic E-state index is 7.12. The van der Waals surface area contributed by atoms with Gasteiger partial charge in [-0.15, -0.1) is 0 Å². The summed E-state index contributed by atoms with van der Waals surface area (Å²) in [7, 11) is 0. The van der Waals surface area contributed by atoms with Gasteiger partial charge in [0.05, 0.1) is 17.7 Å². The Morgan fingerprint density at radius 1 is 0.682 bits per heavy atom. The lowest BCUT2D eigenvalue weighted by Crippen LogP contribution is -2.26. The molecule has 0 fully saturated rings. The molecule has 0 radical (unpaired) electrons. The molecular weight excluding hydrogens is 581 g/mol. The Hall–Kier alpha value is -3.40. The summed E-state index contributed by atoms with van der Waals surface area (Å²) < 4.78 is 6.44. The predicted molar refractivity (Wildman–Crippen MR) is 183 cm³/mol. The van der Waals surface area contributed by atoms with Crippen molar-refractivity contribution in [2.24, 2.45) is 0 Å². The Balaban J connectivity index is 1.20. The van der Waals surface area contributed by atoms with E-state index >= 15 is 0 Å². The lowest BCUT2D eigenvalue weighted by atomic mass is 9.88. The minimum atomic E-state index is 0.197. The SMILES string of the molecule is Clc1ccc(COC2CCc3ccccc3C2)c(Cl)c1CN(CCC(c1ccccc1)c1ccccc1)Cc1ccccc1. The van der Waals surface area contributed by atoms with Crippen molar-refractivity contribution >= 4 is 23.2 Å². The van der Waals surface area contributed by atoms with Crippen molar-refractivity contribution in [2.75, 3.05) is 6.54 Å². The lowest BCUT2D eigenvalue weighted by Gasteiger charge is -2.28. The second-order valence-electron chi connectivity index (χ2n) is 11.8. The molecule has 5 aromatic carbocycles. The fourth-order valence-electron chi connectivity index (χ4n) is 6.40. The molecule has 44 heavy (non-hydrogen) atoms. The van der Waals surface area contributed by atoms with E-state index in [0.717, 1.165) is 54.9 Å². The molecule has 4 heteroatoms. The molecule has 224 valence electrons. The number of benzene rings is 5. The van der Waals surface area contributed by atoms with E-state index in [2.05, 4.69) is 120 Å². The Morgan fingerprint density at radius 3 is 1.98 bits per heavy atom. The normalized spacial score (nSPS) is 14.6. The standard InChI is InChI=1S/C40H39Cl2NO/c41-39-23-21-35(29-44-36-22-20-31-14-10-11-19-34(31)26-36)40(42)38(39)28-43(27-30-12-4-1-5-13-30)25-24-37(32-15-6-2-7-16-32)33-17-8-3-9-18-33/h1-19,21,23,36-37H,20,22,24-29H2. The summed E-state index contributed by atoms with van der Waals surface area (Å²) in [5, 5.41) is 1.42. The second kappa shape index (κ2) is 15.1. The maximum Gasteiger partial charge on any atom is 0.0735 e. The van der Waals surface area contributed by atoms with Crippen molar-refractivity contribution in [3.05, 3.63) is 176 Å². The van der Waals surface area contributed by atoms with E-state index in [-0.39, 0.29) is 6.10 Å². The van der Waals surface area contributed by atoms with Gasteiger partial charge < -0.3 is 4.74 Å². The van der Waals surface area contributed by atoms with Gasteiger partial charge in [-0.1, -0.05) is 145 Å². The van der Waals surface area contributed by atoms with Crippen LogP contribution >= 0.6 is 23.2 Å². The average molecular weight is 621 g/mol. The summed E-state index contributed by atoms with van der Waals surface area (Å²) in [4.78, 5) is 2.48. The third kappa shape index (κ3) is 7.81. The molecule has 2 nitrogen and oxygen atoms in total. The molecule has 0 spiro atoms. The number of rotatable bonds is 12. The number of hydrogen-bond donors (Lipinski definition) is 0. The van der Waals surface area contributed by atoms with Gasteiger partial charge in [0.1, 0.15) is 0 Å². The van der Waals surface area contributed by atoms with E-state index in [1.165, 1.54) is 27.8 Å². The Morgan fingerprint density at radius 2 is 1.30 bits per heavy atom.